The molecule has 8 heteroatoms. The Balaban J connectivity index is 2.61. The highest BCUT2D eigenvalue weighted by Gasteiger charge is 2.04. The maximum atomic E-state index is 11.1. The van der Waals surface area contributed by atoms with Crippen LogP contribution in [0.25, 0.3) is 0 Å². The third-order valence-corrected chi connectivity index (χ3v) is 1.75. The minimum atomic E-state index is -0.579. The predicted molar refractivity (Wildman–Crippen MR) is 51.5 cm³/mol. The zero-order chi connectivity index (χ0) is 11.3. The molecule has 0 radical (unpaired) electrons. The zero-order valence-corrected chi connectivity index (χ0v) is 8.40. The second-order valence-corrected chi connectivity index (χ2v) is 3.03. The molecule has 0 saturated heterocycles. The highest BCUT2D eigenvalue weighted by atomic mass is 35.5. The van der Waals surface area contributed by atoms with E-state index in [0.717, 1.165) is 0 Å². The molecular formula is C7H9ClN4O3. The van der Waals surface area contributed by atoms with E-state index < -0.39 is 11.7 Å². The number of carbonyl (C=O) groups is 1. The Morgan fingerprint density at radius 2 is 2.47 bits per heavy atom. The molecule has 0 spiro atoms. The van der Waals surface area contributed by atoms with Gasteiger partial charge in [0.05, 0.1) is 17.6 Å². The minimum absolute atomic E-state index is 0.00781. The lowest BCUT2D eigenvalue weighted by atomic mass is 10.4. The Morgan fingerprint density at radius 3 is 3.13 bits per heavy atom. The average molecular weight is 233 g/mol. The molecular weight excluding hydrogens is 224 g/mol. The van der Waals surface area contributed by atoms with Crippen LogP contribution in [0.4, 0.5) is 0 Å². The van der Waals surface area contributed by atoms with E-state index in [9.17, 15) is 9.59 Å². The summed E-state index contributed by atoms with van der Waals surface area (Å²) >= 11 is 5.62. The van der Waals surface area contributed by atoms with Crippen molar-refractivity contribution in [3.8, 4) is 0 Å². The highest BCUT2D eigenvalue weighted by Crippen LogP contribution is 2.01. The molecule has 15 heavy (non-hydrogen) atoms. The SMILES string of the molecule is NNOC(=O)CCn1cc(Cl)cnc1=O. The van der Waals surface area contributed by atoms with Crippen molar-refractivity contribution >= 4 is 17.6 Å². The van der Waals surface area contributed by atoms with Crippen molar-refractivity contribution in [3.63, 3.8) is 0 Å². The summed E-state index contributed by atoms with van der Waals surface area (Å²) in [6.45, 7) is 0.132. The maximum absolute atomic E-state index is 11.1. The molecule has 1 aromatic heterocycles. The summed E-state index contributed by atoms with van der Waals surface area (Å²) in [4.78, 5) is 29.8. The number of hydrogen-bond acceptors (Lipinski definition) is 6. The Labute approximate surface area is 89.7 Å². The zero-order valence-electron chi connectivity index (χ0n) is 7.64. The summed E-state index contributed by atoms with van der Waals surface area (Å²) in [5.41, 5.74) is 1.27. The molecule has 0 unspecified atom stereocenters. The van der Waals surface area contributed by atoms with Gasteiger partial charge in [-0.1, -0.05) is 17.2 Å². The van der Waals surface area contributed by atoms with E-state index in [0.29, 0.717) is 5.02 Å². The van der Waals surface area contributed by atoms with Crippen LogP contribution in [0.2, 0.25) is 5.02 Å². The third kappa shape index (κ3) is 3.66. The number of rotatable bonds is 4. The van der Waals surface area contributed by atoms with Crippen molar-refractivity contribution in [1.82, 2.24) is 15.1 Å². The number of hydrogen-bond donors (Lipinski definition) is 2. The number of nitrogens with one attached hydrogen (secondary N) is 1. The van der Waals surface area contributed by atoms with Gasteiger partial charge in [0.1, 0.15) is 0 Å². The summed E-state index contributed by atoms with van der Waals surface area (Å²) in [6.07, 6.45) is 2.62. The highest BCUT2D eigenvalue weighted by molar-refractivity contribution is 6.30. The summed E-state index contributed by atoms with van der Waals surface area (Å²) in [7, 11) is 0. The van der Waals surface area contributed by atoms with Crippen molar-refractivity contribution in [1.29, 1.82) is 0 Å². The van der Waals surface area contributed by atoms with Crippen molar-refractivity contribution in [3.05, 3.63) is 27.9 Å². The third-order valence-electron chi connectivity index (χ3n) is 1.55. The first-order valence-electron chi connectivity index (χ1n) is 4.00. The second-order valence-electron chi connectivity index (χ2n) is 2.59. The Bertz CT molecular complexity index is 405. The fraction of sp³-hybridized carbons (Fsp3) is 0.286. The topological polar surface area (TPSA) is 99.2 Å². The molecule has 0 aliphatic rings. The number of nitrogens with two attached hydrogens (primary N) is 1. The van der Waals surface area contributed by atoms with Gasteiger partial charge in [0.25, 0.3) is 0 Å². The maximum Gasteiger partial charge on any atom is 0.347 e. The normalized spacial score (nSPS) is 10.0. The van der Waals surface area contributed by atoms with Gasteiger partial charge >= 0.3 is 11.7 Å². The van der Waals surface area contributed by atoms with Crippen LogP contribution >= 0.6 is 11.6 Å². The molecule has 1 rings (SSSR count). The molecule has 1 aromatic rings. The monoisotopic (exact) mass is 232 g/mol. The molecule has 7 nitrogen and oxygen atoms in total. The summed E-state index contributed by atoms with van der Waals surface area (Å²) in [6, 6.07) is 0. The van der Waals surface area contributed by atoms with E-state index in [1.165, 1.54) is 17.0 Å². The van der Waals surface area contributed by atoms with E-state index in [4.69, 9.17) is 17.4 Å². The van der Waals surface area contributed by atoms with Crippen LogP contribution in [0.15, 0.2) is 17.2 Å². The molecule has 0 atom stereocenters. The largest absolute Gasteiger partial charge is 0.356 e. The van der Waals surface area contributed by atoms with E-state index in [-0.39, 0.29) is 13.0 Å². The van der Waals surface area contributed by atoms with Crippen LogP contribution in [-0.2, 0) is 16.2 Å². The first kappa shape index (κ1) is 11.6. The van der Waals surface area contributed by atoms with Crippen LogP contribution in [0.5, 0.6) is 0 Å². The van der Waals surface area contributed by atoms with Gasteiger partial charge in [-0.25, -0.2) is 15.6 Å². The fourth-order valence-corrected chi connectivity index (χ4v) is 1.08. The molecule has 82 valence electrons. The Kier molecular flexibility index (Phi) is 4.22. The quantitative estimate of drug-likeness (QED) is 0.521. The fourth-order valence-electron chi connectivity index (χ4n) is 0.917. The molecule has 1 heterocycles. The molecule has 0 bridgehead atoms. The average Bonchev–Trinajstić information content (AvgIpc) is 2.20. The number of aromatic nitrogens is 2. The first-order chi connectivity index (χ1) is 7.13. The van der Waals surface area contributed by atoms with E-state index >= 15 is 0 Å². The van der Waals surface area contributed by atoms with Crippen molar-refractivity contribution in [2.24, 2.45) is 5.84 Å². The summed E-state index contributed by atoms with van der Waals surface area (Å²) < 4.78 is 1.21. The van der Waals surface area contributed by atoms with Gasteiger partial charge in [0, 0.05) is 12.7 Å². The Hall–Kier alpha value is -1.44. The van der Waals surface area contributed by atoms with Gasteiger partial charge in [-0.15, -0.1) is 0 Å². The molecule has 0 aromatic carbocycles. The lowest BCUT2D eigenvalue weighted by Crippen LogP contribution is -2.28. The van der Waals surface area contributed by atoms with Gasteiger partial charge in [-0.2, -0.15) is 0 Å². The minimum Gasteiger partial charge on any atom is -0.356 e. The van der Waals surface area contributed by atoms with Gasteiger partial charge in [0.2, 0.25) is 0 Å². The summed E-state index contributed by atoms with van der Waals surface area (Å²) in [5.74, 6) is 4.18. The van der Waals surface area contributed by atoms with E-state index in [1.54, 1.807) is 5.59 Å². The van der Waals surface area contributed by atoms with E-state index in [1.807, 2.05) is 0 Å². The van der Waals surface area contributed by atoms with Crippen LogP contribution in [0.3, 0.4) is 0 Å². The van der Waals surface area contributed by atoms with Gasteiger partial charge < -0.3 is 4.84 Å². The smallest absolute Gasteiger partial charge is 0.347 e. The van der Waals surface area contributed by atoms with Gasteiger partial charge in [-0.3, -0.25) is 9.36 Å². The lowest BCUT2D eigenvalue weighted by Gasteiger charge is -2.04. The van der Waals surface area contributed by atoms with Gasteiger partial charge in [0.15, 0.2) is 0 Å². The number of carbonyl (C=O) groups excluding carboxylic acids is 1. The molecule has 0 amide bonds. The molecule has 0 saturated carbocycles. The number of hydrazine groups is 1. The standard InChI is InChI=1S/C7H9ClN4O3/c8-5-3-10-7(14)12(4-5)2-1-6(13)15-11-9/h3-4,11H,1-2,9H2. The number of nitrogens with zero attached hydrogens (tertiary/aromatic N) is 2. The van der Waals surface area contributed by atoms with E-state index in [2.05, 4.69) is 9.82 Å². The number of aryl methyl sites for hydroxylation is 1. The van der Waals surface area contributed by atoms with Crippen LogP contribution in [0, 0.1) is 0 Å². The van der Waals surface area contributed by atoms with Crippen molar-refractivity contribution in [2.45, 2.75) is 13.0 Å². The molecule has 0 aliphatic heterocycles. The predicted octanol–water partition coefficient (Wildman–Crippen LogP) is -0.792. The van der Waals surface area contributed by atoms with Crippen LogP contribution in [-0.4, -0.2) is 15.5 Å². The first-order valence-corrected chi connectivity index (χ1v) is 4.38. The second kappa shape index (κ2) is 5.44. The van der Waals surface area contributed by atoms with Gasteiger partial charge in [-0.05, 0) is 0 Å². The summed E-state index contributed by atoms with van der Waals surface area (Å²) in [5, 5.41) is 0.319. The molecule has 0 fully saturated rings. The van der Waals surface area contributed by atoms with Crippen LogP contribution < -0.4 is 17.1 Å². The molecule has 0 aliphatic carbocycles. The lowest BCUT2D eigenvalue weighted by molar-refractivity contribution is -0.151. The molecule has 3 N–H and O–H groups in total. The van der Waals surface area contributed by atoms with Crippen LogP contribution in [0.1, 0.15) is 6.42 Å². The Morgan fingerprint density at radius 1 is 1.73 bits per heavy atom. The van der Waals surface area contributed by atoms with Crippen molar-refractivity contribution in [2.75, 3.05) is 0 Å². The van der Waals surface area contributed by atoms with Crippen molar-refractivity contribution < 1.29 is 9.63 Å². The number of halogens is 1.